The molecule has 10 heavy (non-hydrogen) atoms. The van der Waals surface area contributed by atoms with Gasteiger partial charge < -0.3 is 11.1 Å². The van der Waals surface area contributed by atoms with Crippen LogP contribution in [0.3, 0.4) is 0 Å². The molecule has 4 nitrogen and oxygen atoms in total. The van der Waals surface area contributed by atoms with Crippen LogP contribution < -0.4 is 11.1 Å². The van der Waals surface area contributed by atoms with Crippen molar-refractivity contribution in [3.8, 4) is 0 Å². The number of aldehydes is 1. The van der Waals surface area contributed by atoms with Crippen LogP contribution in [0.15, 0.2) is 12.2 Å². The maximum atomic E-state index is 9.73. The summed E-state index contributed by atoms with van der Waals surface area (Å²) in [6.07, 6.45) is 4.55. The summed E-state index contributed by atoms with van der Waals surface area (Å²) >= 11 is 0. The molecule has 0 amide bonds. The monoisotopic (exact) mass is 141 g/mol. The van der Waals surface area contributed by atoms with Crippen LogP contribution in [0.25, 0.3) is 0 Å². The van der Waals surface area contributed by atoms with E-state index in [1.54, 1.807) is 6.08 Å². The molecule has 0 unspecified atom stereocenters. The molecule has 0 atom stereocenters. The fourth-order valence-electron chi connectivity index (χ4n) is 0.442. The summed E-state index contributed by atoms with van der Waals surface area (Å²) in [5, 5.41) is 9.35. The molecule has 4 N–H and O–H groups in total. The van der Waals surface area contributed by atoms with Gasteiger partial charge in [0.1, 0.15) is 6.29 Å². The van der Waals surface area contributed by atoms with Gasteiger partial charge in [0.25, 0.3) is 0 Å². The van der Waals surface area contributed by atoms with Crippen molar-refractivity contribution in [1.82, 2.24) is 5.32 Å². The van der Waals surface area contributed by atoms with Crippen LogP contribution in [0.1, 0.15) is 6.42 Å². The molecule has 0 radical (unpaired) electrons. The summed E-state index contributed by atoms with van der Waals surface area (Å²) in [7, 11) is 0. The van der Waals surface area contributed by atoms with Crippen LogP contribution in [0, 0.1) is 5.41 Å². The fourth-order valence-corrected chi connectivity index (χ4v) is 0.442. The predicted octanol–water partition coefficient (Wildman–Crippen LogP) is -0.385. The molecular weight excluding hydrogens is 130 g/mol. The lowest BCUT2D eigenvalue weighted by atomic mass is 10.4. The largest absolute Gasteiger partial charge is 0.370 e. The van der Waals surface area contributed by atoms with Crippen molar-refractivity contribution in [3.63, 3.8) is 0 Å². The first kappa shape index (κ1) is 8.68. The van der Waals surface area contributed by atoms with Gasteiger partial charge in [-0.15, -0.1) is 0 Å². The van der Waals surface area contributed by atoms with Crippen LogP contribution in [-0.4, -0.2) is 18.8 Å². The van der Waals surface area contributed by atoms with Crippen molar-refractivity contribution < 1.29 is 4.79 Å². The zero-order chi connectivity index (χ0) is 7.82. The Morgan fingerprint density at radius 3 is 2.90 bits per heavy atom. The third-order valence-electron chi connectivity index (χ3n) is 0.841. The second-order valence-electron chi connectivity index (χ2n) is 1.69. The van der Waals surface area contributed by atoms with Gasteiger partial charge in [-0.2, -0.15) is 0 Å². The van der Waals surface area contributed by atoms with E-state index >= 15 is 0 Å². The highest BCUT2D eigenvalue weighted by atomic mass is 16.1. The molecule has 0 bridgehead atoms. The standard InChI is InChI=1S/C6H11N3O/c7-6(8)9-4-2-1-3-5-10/h1,3,5H,2,4H2,(H4,7,8,9). The van der Waals surface area contributed by atoms with E-state index in [9.17, 15) is 4.79 Å². The van der Waals surface area contributed by atoms with E-state index in [0.29, 0.717) is 19.3 Å². The fraction of sp³-hybridized carbons (Fsp3) is 0.333. The van der Waals surface area contributed by atoms with Gasteiger partial charge in [-0.05, 0) is 12.5 Å². The number of carbonyl (C=O) groups is 1. The van der Waals surface area contributed by atoms with Crippen molar-refractivity contribution in [2.75, 3.05) is 6.54 Å². The number of nitrogens with one attached hydrogen (secondary N) is 2. The number of guanidine groups is 1. The molecule has 0 aromatic carbocycles. The first-order chi connectivity index (χ1) is 4.77. The van der Waals surface area contributed by atoms with Crippen LogP contribution in [0.4, 0.5) is 0 Å². The van der Waals surface area contributed by atoms with Gasteiger partial charge in [-0.1, -0.05) is 6.08 Å². The molecule has 0 saturated carbocycles. The Morgan fingerprint density at radius 2 is 2.40 bits per heavy atom. The molecule has 0 aliphatic rings. The number of hydrogen-bond acceptors (Lipinski definition) is 2. The summed E-state index contributed by atoms with van der Waals surface area (Å²) < 4.78 is 0. The summed E-state index contributed by atoms with van der Waals surface area (Å²) in [6, 6.07) is 0. The molecule has 0 saturated heterocycles. The van der Waals surface area contributed by atoms with Crippen LogP contribution in [0.2, 0.25) is 0 Å². The van der Waals surface area contributed by atoms with Crippen molar-refractivity contribution in [2.45, 2.75) is 6.42 Å². The first-order valence-corrected chi connectivity index (χ1v) is 2.95. The zero-order valence-electron chi connectivity index (χ0n) is 5.63. The van der Waals surface area contributed by atoms with Gasteiger partial charge >= 0.3 is 0 Å². The van der Waals surface area contributed by atoms with Gasteiger partial charge in [-0.3, -0.25) is 10.2 Å². The summed E-state index contributed by atoms with van der Waals surface area (Å²) in [5.41, 5.74) is 4.99. The summed E-state index contributed by atoms with van der Waals surface area (Å²) in [6.45, 7) is 0.597. The first-order valence-electron chi connectivity index (χ1n) is 2.95. The molecule has 0 rings (SSSR count). The Kier molecular flexibility index (Phi) is 5.04. The van der Waals surface area contributed by atoms with Gasteiger partial charge in [0.2, 0.25) is 0 Å². The third kappa shape index (κ3) is 6.68. The number of nitrogens with two attached hydrogens (primary N) is 1. The highest BCUT2D eigenvalue weighted by Gasteiger charge is 1.82. The van der Waals surface area contributed by atoms with E-state index in [0.717, 1.165) is 0 Å². The van der Waals surface area contributed by atoms with E-state index < -0.39 is 0 Å². The summed E-state index contributed by atoms with van der Waals surface area (Å²) in [5.74, 6) is -0.0421. The number of allylic oxidation sites excluding steroid dienone is 1. The number of carbonyl (C=O) groups excluding carboxylic acids is 1. The van der Waals surface area contributed by atoms with Gasteiger partial charge in [0, 0.05) is 6.54 Å². The maximum Gasteiger partial charge on any atom is 0.185 e. The minimum absolute atomic E-state index is 0.0421. The van der Waals surface area contributed by atoms with Crippen LogP contribution in [-0.2, 0) is 4.79 Å². The second-order valence-corrected chi connectivity index (χ2v) is 1.69. The Bertz CT molecular complexity index is 142. The predicted molar refractivity (Wildman–Crippen MR) is 39.7 cm³/mol. The van der Waals surface area contributed by atoms with E-state index in [-0.39, 0.29) is 5.96 Å². The van der Waals surface area contributed by atoms with E-state index in [1.165, 1.54) is 6.08 Å². The van der Waals surface area contributed by atoms with E-state index in [2.05, 4.69) is 5.32 Å². The molecule has 0 aromatic heterocycles. The lowest BCUT2D eigenvalue weighted by Crippen LogP contribution is -2.30. The molecule has 0 heterocycles. The Balaban J connectivity index is 3.12. The van der Waals surface area contributed by atoms with Crippen LogP contribution >= 0.6 is 0 Å². The Hall–Kier alpha value is -1.32. The maximum absolute atomic E-state index is 9.73. The van der Waals surface area contributed by atoms with Gasteiger partial charge in [0.15, 0.2) is 5.96 Å². The lowest BCUT2D eigenvalue weighted by Gasteiger charge is -1.97. The molecule has 0 aliphatic carbocycles. The topological polar surface area (TPSA) is 79.0 Å². The highest BCUT2D eigenvalue weighted by molar-refractivity contribution is 5.74. The number of hydrogen-bond donors (Lipinski definition) is 3. The van der Waals surface area contributed by atoms with Gasteiger partial charge in [-0.25, -0.2) is 0 Å². The molecule has 0 aliphatic heterocycles. The van der Waals surface area contributed by atoms with Gasteiger partial charge in [0.05, 0.1) is 0 Å². The average Bonchev–Trinajstić information content (AvgIpc) is 1.87. The van der Waals surface area contributed by atoms with Crippen molar-refractivity contribution in [3.05, 3.63) is 12.2 Å². The number of rotatable bonds is 4. The summed E-state index contributed by atoms with van der Waals surface area (Å²) in [4.78, 5) is 9.73. The van der Waals surface area contributed by atoms with Crippen molar-refractivity contribution in [2.24, 2.45) is 5.73 Å². The minimum Gasteiger partial charge on any atom is -0.370 e. The van der Waals surface area contributed by atoms with E-state index in [4.69, 9.17) is 11.1 Å². The Morgan fingerprint density at radius 1 is 1.70 bits per heavy atom. The smallest absolute Gasteiger partial charge is 0.185 e. The van der Waals surface area contributed by atoms with Crippen LogP contribution in [0.5, 0.6) is 0 Å². The Labute approximate surface area is 59.6 Å². The second kappa shape index (κ2) is 5.81. The SMILES string of the molecule is N=C(N)NCCC=CC=O. The molecule has 0 fully saturated rings. The lowest BCUT2D eigenvalue weighted by molar-refractivity contribution is -0.104. The molecular formula is C6H11N3O. The molecule has 56 valence electrons. The van der Waals surface area contributed by atoms with E-state index in [1.807, 2.05) is 0 Å². The minimum atomic E-state index is -0.0421. The quantitative estimate of drug-likeness (QED) is 0.164. The van der Waals surface area contributed by atoms with Crippen molar-refractivity contribution in [1.29, 1.82) is 5.41 Å². The van der Waals surface area contributed by atoms with Crippen molar-refractivity contribution >= 4 is 12.2 Å². The molecule has 0 aromatic rings. The molecule has 4 heteroatoms. The zero-order valence-corrected chi connectivity index (χ0v) is 5.63. The normalized spacial score (nSPS) is 9.60. The molecule has 0 spiro atoms. The highest BCUT2D eigenvalue weighted by Crippen LogP contribution is 1.76. The third-order valence-corrected chi connectivity index (χ3v) is 0.841. The average molecular weight is 141 g/mol.